The van der Waals surface area contributed by atoms with Crippen LogP contribution in [0, 0.1) is 11.7 Å². The quantitative estimate of drug-likeness (QED) is 0.524. The summed E-state index contributed by atoms with van der Waals surface area (Å²) in [5, 5.41) is 9.81. The smallest absolute Gasteiger partial charge is 0.253 e. The summed E-state index contributed by atoms with van der Waals surface area (Å²) in [6, 6.07) is 9.50. The number of amides is 1. The number of likely N-dealkylation sites (N-methyl/N-ethyl adjacent to an activating group) is 1. The predicted molar refractivity (Wildman–Crippen MR) is 135 cm³/mol. The molecule has 1 aliphatic rings. The molecule has 0 aliphatic carbocycles. The van der Waals surface area contributed by atoms with Crippen LogP contribution in [-0.4, -0.2) is 77.5 Å². The Morgan fingerprint density at radius 3 is 2.62 bits per heavy atom. The van der Waals surface area contributed by atoms with Crippen LogP contribution < -0.4 is 4.74 Å². The summed E-state index contributed by atoms with van der Waals surface area (Å²) in [4.78, 5) is 22.4. The molecule has 4 rings (SSSR count). The van der Waals surface area contributed by atoms with Gasteiger partial charge in [-0.05, 0) is 42.8 Å². The van der Waals surface area contributed by atoms with Gasteiger partial charge in [-0.25, -0.2) is 22.8 Å². The number of fused-ring (bicyclic) bond motifs is 1. The van der Waals surface area contributed by atoms with Crippen LogP contribution in [0.5, 0.6) is 5.75 Å². The summed E-state index contributed by atoms with van der Waals surface area (Å²) in [7, 11) is -2.42. The number of hydrogen-bond donors (Lipinski definition) is 1. The number of rotatable bonds is 6. The average molecular weight is 529 g/mol. The van der Waals surface area contributed by atoms with Gasteiger partial charge in [0, 0.05) is 49.1 Å². The number of ether oxygens (including phenoxy) is 1. The van der Waals surface area contributed by atoms with Crippen LogP contribution in [0.4, 0.5) is 4.39 Å². The summed E-state index contributed by atoms with van der Waals surface area (Å²) in [5.41, 5.74) is 1.54. The fraction of sp³-hybridized carbons (Fsp3) is 0.346. The Bertz CT molecular complexity index is 1370. The maximum atomic E-state index is 13.7. The van der Waals surface area contributed by atoms with Crippen LogP contribution in [0.3, 0.4) is 0 Å². The van der Waals surface area contributed by atoms with Crippen LogP contribution in [0.25, 0.3) is 11.1 Å². The van der Waals surface area contributed by atoms with Crippen LogP contribution >= 0.6 is 0 Å². The van der Waals surface area contributed by atoms with Gasteiger partial charge < -0.3 is 14.7 Å². The maximum absolute atomic E-state index is 13.7. The first-order chi connectivity index (χ1) is 17.6. The Labute approximate surface area is 215 Å². The molecule has 1 amide bonds. The normalized spacial score (nSPS) is 20.1. The van der Waals surface area contributed by atoms with Crippen molar-refractivity contribution in [3.8, 4) is 16.9 Å². The van der Waals surface area contributed by atoms with Crippen LogP contribution in [0.15, 0.2) is 66.1 Å². The van der Waals surface area contributed by atoms with Gasteiger partial charge in [0.2, 0.25) is 10.0 Å². The topological polar surface area (TPSA) is 113 Å². The lowest BCUT2D eigenvalue weighted by molar-refractivity contribution is 0.0563. The average Bonchev–Trinajstić information content (AvgIpc) is 2.90. The molecule has 2 heterocycles. The molecule has 37 heavy (non-hydrogen) atoms. The van der Waals surface area contributed by atoms with Crippen molar-refractivity contribution in [2.24, 2.45) is 5.92 Å². The van der Waals surface area contributed by atoms with Crippen molar-refractivity contribution >= 4 is 15.9 Å². The molecule has 2 aromatic carbocycles. The van der Waals surface area contributed by atoms with Crippen molar-refractivity contribution in [3.05, 3.63) is 72.6 Å². The first kappa shape index (κ1) is 26.6. The summed E-state index contributed by atoms with van der Waals surface area (Å²) in [6.07, 6.45) is 4.01. The van der Waals surface area contributed by atoms with Gasteiger partial charge in [0.1, 0.15) is 28.9 Å². The standard InChI is InChI=1S/C26H29FN4O5S/c1-17-13-31(18(2)15-32)37(34,35)25-8-7-19(21-11-28-16-29-12-21)10-23(25)36-24(17)14-30(3)26(33)20-5-4-6-22(27)9-20/h4-12,16-18,24,32H,13-15H2,1-3H3/t17-,18+,24-/m1/s1. The second-order valence-electron chi connectivity index (χ2n) is 9.22. The van der Waals surface area contributed by atoms with E-state index < -0.39 is 28.0 Å². The Morgan fingerprint density at radius 2 is 1.95 bits per heavy atom. The summed E-state index contributed by atoms with van der Waals surface area (Å²) >= 11 is 0. The van der Waals surface area contributed by atoms with E-state index in [1.54, 1.807) is 38.5 Å². The Morgan fingerprint density at radius 1 is 1.22 bits per heavy atom. The molecule has 0 unspecified atom stereocenters. The Hall–Kier alpha value is -3.41. The molecule has 11 heteroatoms. The molecule has 1 aromatic heterocycles. The molecule has 0 radical (unpaired) electrons. The zero-order valence-electron chi connectivity index (χ0n) is 20.8. The van der Waals surface area contributed by atoms with E-state index in [4.69, 9.17) is 4.74 Å². The molecule has 3 aromatic rings. The van der Waals surface area contributed by atoms with E-state index in [0.717, 1.165) is 0 Å². The first-order valence-electron chi connectivity index (χ1n) is 11.8. The second-order valence-corrected chi connectivity index (χ2v) is 11.1. The Kier molecular flexibility index (Phi) is 7.86. The molecule has 0 fully saturated rings. The fourth-order valence-electron chi connectivity index (χ4n) is 4.27. The highest BCUT2D eigenvalue weighted by atomic mass is 32.2. The van der Waals surface area contributed by atoms with Crippen LogP contribution in [0.2, 0.25) is 0 Å². The number of aliphatic hydroxyl groups excluding tert-OH is 1. The number of carbonyl (C=O) groups is 1. The van der Waals surface area contributed by atoms with Crippen molar-refractivity contribution in [3.63, 3.8) is 0 Å². The highest BCUT2D eigenvalue weighted by Gasteiger charge is 2.38. The van der Waals surface area contributed by atoms with Crippen molar-refractivity contribution in [1.29, 1.82) is 0 Å². The molecular formula is C26H29FN4O5S. The zero-order chi connectivity index (χ0) is 26.7. The fourth-order valence-corrected chi connectivity index (χ4v) is 6.09. The number of aliphatic hydroxyl groups is 1. The molecule has 0 saturated carbocycles. The largest absolute Gasteiger partial charge is 0.487 e. The third kappa shape index (κ3) is 5.63. The van der Waals surface area contributed by atoms with E-state index in [1.807, 2.05) is 6.92 Å². The Balaban J connectivity index is 1.74. The van der Waals surface area contributed by atoms with Crippen LogP contribution in [0.1, 0.15) is 24.2 Å². The third-order valence-corrected chi connectivity index (χ3v) is 8.45. The monoisotopic (exact) mass is 528 g/mol. The van der Waals surface area contributed by atoms with Gasteiger partial charge in [-0.15, -0.1) is 0 Å². The minimum Gasteiger partial charge on any atom is -0.487 e. The van der Waals surface area contributed by atoms with E-state index in [9.17, 15) is 22.7 Å². The lowest BCUT2D eigenvalue weighted by Gasteiger charge is -2.37. The number of aromatic nitrogens is 2. The van der Waals surface area contributed by atoms with Crippen molar-refractivity contribution in [2.45, 2.75) is 30.9 Å². The predicted octanol–water partition coefficient (Wildman–Crippen LogP) is 2.82. The second kappa shape index (κ2) is 10.9. The highest BCUT2D eigenvalue weighted by Crippen LogP contribution is 2.36. The first-order valence-corrected chi connectivity index (χ1v) is 13.3. The van der Waals surface area contributed by atoms with Gasteiger partial charge >= 0.3 is 0 Å². The number of nitrogens with zero attached hydrogens (tertiary/aromatic N) is 4. The number of halogens is 1. The minimum atomic E-state index is -4.01. The van der Waals surface area contributed by atoms with Gasteiger partial charge in [0.15, 0.2) is 0 Å². The molecule has 196 valence electrons. The molecule has 1 N–H and O–H groups in total. The number of sulfonamides is 1. The SMILES string of the molecule is C[C@@H]1CN([C@@H](C)CO)S(=O)(=O)c2ccc(-c3cncnc3)cc2O[C@@H]1CN(C)C(=O)c1cccc(F)c1. The van der Waals surface area contributed by atoms with Crippen molar-refractivity contribution < 1.29 is 27.4 Å². The van der Waals surface area contributed by atoms with Gasteiger partial charge in [-0.3, -0.25) is 4.79 Å². The molecule has 0 saturated heterocycles. The van der Waals surface area contributed by atoms with Gasteiger partial charge in [0.25, 0.3) is 5.91 Å². The number of benzene rings is 2. The minimum absolute atomic E-state index is 0.0376. The zero-order valence-corrected chi connectivity index (χ0v) is 21.6. The van der Waals surface area contributed by atoms with E-state index in [2.05, 4.69) is 9.97 Å². The lowest BCUT2D eigenvalue weighted by atomic mass is 10.0. The van der Waals surface area contributed by atoms with Gasteiger partial charge in [0.05, 0.1) is 13.2 Å². The molecule has 3 atom stereocenters. The van der Waals surface area contributed by atoms with E-state index in [0.29, 0.717) is 11.1 Å². The number of carbonyl (C=O) groups excluding carboxylic acids is 1. The number of hydrogen-bond acceptors (Lipinski definition) is 7. The van der Waals surface area contributed by atoms with E-state index >= 15 is 0 Å². The maximum Gasteiger partial charge on any atom is 0.253 e. The molecular weight excluding hydrogens is 499 g/mol. The third-order valence-electron chi connectivity index (χ3n) is 6.43. The van der Waals surface area contributed by atoms with Crippen molar-refractivity contribution in [1.82, 2.24) is 19.2 Å². The molecule has 9 nitrogen and oxygen atoms in total. The van der Waals surface area contributed by atoms with Crippen LogP contribution in [-0.2, 0) is 10.0 Å². The van der Waals surface area contributed by atoms with Gasteiger partial charge in [-0.2, -0.15) is 4.31 Å². The van der Waals surface area contributed by atoms with Gasteiger partial charge in [-0.1, -0.05) is 19.1 Å². The summed E-state index contributed by atoms with van der Waals surface area (Å²) in [6.45, 7) is 3.30. The lowest BCUT2D eigenvalue weighted by Crippen LogP contribution is -2.50. The van der Waals surface area contributed by atoms with Crippen molar-refractivity contribution in [2.75, 3.05) is 26.7 Å². The van der Waals surface area contributed by atoms with E-state index in [1.165, 1.54) is 45.9 Å². The van der Waals surface area contributed by atoms with E-state index in [-0.39, 0.29) is 47.7 Å². The summed E-state index contributed by atoms with van der Waals surface area (Å²) in [5.74, 6) is -1.14. The molecule has 1 aliphatic heterocycles. The molecule has 0 bridgehead atoms. The molecule has 0 spiro atoms. The summed E-state index contributed by atoms with van der Waals surface area (Å²) < 4.78 is 48.5. The highest BCUT2D eigenvalue weighted by molar-refractivity contribution is 7.89.